The molecule has 0 bridgehead atoms. The molecular weight excluding hydrogens is 335 g/mol. The normalized spacial score (nSPS) is 22.5. The molecule has 1 heterocycles. The number of hydrogen-bond donors (Lipinski definition) is 2. The number of carbonyl (C=O) groups is 1. The predicted molar refractivity (Wildman–Crippen MR) is 79.3 cm³/mol. The molecule has 2 N–H and O–H groups in total. The Morgan fingerprint density at radius 3 is 2.89 bits per heavy atom. The summed E-state index contributed by atoms with van der Waals surface area (Å²) in [5.41, 5.74) is 0.0867. The molecule has 106 valence electrons. The third-order valence-electron chi connectivity index (χ3n) is 3.15. The average molecular weight is 352 g/mol. The van der Waals surface area contributed by atoms with Crippen molar-refractivity contribution in [2.45, 2.75) is 31.8 Å². The van der Waals surface area contributed by atoms with Gasteiger partial charge in [-0.2, -0.15) is 0 Å². The summed E-state index contributed by atoms with van der Waals surface area (Å²) in [7, 11) is 0. The van der Waals surface area contributed by atoms with E-state index in [1.165, 1.54) is 6.07 Å². The van der Waals surface area contributed by atoms with E-state index in [0.29, 0.717) is 10.5 Å². The van der Waals surface area contributed by atoms with E-state index in [-0.39, 0.29) is 29.9 Å². The fraction of sp³-hybridized carbons (Fsp3) is 0.462. The number of amides is 1. The Balaban J connectivity index is 0.00000180. The van der Waals surface area contributed by atoms with Crippen molar-refractivity contribution in [3.8, 4) is 0 Å². The summed E-state index contributed by atoms with van der Waals surface area (Å²) in [5, 5.41) is 6.21. The van der Waals surface area contributed by atoms with E-state index in [1.54, 1.807) is 12.1 Å². The highest BCUT2D eigenvalue weighted by molar-refractivity contribution is 9.10. The van der Waals surface area contributed by atoms with Crippen molar-refractivity contribution in [3.63, 3.8) is 0 Å². The number of benzene rings is 1. The third kappa shape index (κ3) is 4.16. The van der Waals surface area contributed by atoms with Crippen LogP contribution in [0.4, 0.5) is 4.39 Å². The molecule has 1 saturated heterocycles. The molecule has 2 atom stereocenters. The van der Waals surface area contributed by atoms with Gasteiger partial charge in [-0.25, -0.2) is 4.39 Å². The topological polar surface area (TPSA) is 41.1 Å². The monoisotopic (exact) mass is 350 g/mol. The molecule has 1 amide bonds. The summed E-state index contributed by atoms with van der Waals surface area (Å²) in [6, 6.07) is 5.03. The Morgan fingerprint density at radius 2 is 2.26 bits per heavy atom. The third-order valence-corrected chi connectivity index (χ3v) is 3.81. The van der Waals surface area contributed by atoms with Gasteiger partial charge in [0.2, 0.25) is 0 Å². The quantitative estimate of drug-likeness (QED) is 0.860. The van der Waals surface area contributed by atoms with E-state index < -0.39 is 5.82 Å². The zero-order valence-corrected chi connectivity index (χ0v) is 13.0. The van der Waals surface area contributed by atoms with Crippen LogP contribution < -0.4 is 10.6 Å². The van der Waals surface area contributed by atoms with Crippen LogP contribution in [0.15, 0.2) is 22.7 Å². The van der Waals surface area contributed by atoms with Gasteiger partial charge < -0.3 is 10.6 Å². The molecule has 2 rings (SSSR count). The Bertz CT molecular complexity index is 438. The second kappa shape index (κ2) is 7.22. The molecular formula is C13H17BrClFN2O. The van der Waals surface area contributed by atoms with Crippen molar-refractivity contribution in [3.05, 3.63) is 34.1 Å². The van der Waals surface area contributed by atoms with Crippen molar-refractivity contribution in [1.29, 1.82) is 0 Å². The van der Waals surface area contributed by atoms with Crippen LogP contribution in [0.25, 0.3) is 0 Å². The minimum atomic E-state index is -0.496. The summed E-state index contributed by atoms with van der Waals surface area (Å²) in [4.78, 5) is 12.1. The van der Waals surface area contributed by atoms with E-state index in [1.807, 2.05) is 0 Å². The van der Waals surface area contributed by atoms with Gasteiger partial charge in [0.15, 0.2) is 0 Å². The molecule has 0 aromatic heterocycles. The highest BCUT2D eigenvalue weighted by Gasteiger charge is 2.22. The number of carbonyl (C=O) groups excluding carboxylic acids is 1. The van der Waals surface area contributed by atoms with E-state index in [4.69, 9.17) is 0 Å². The summed E-state index contributed by atoms with van der Waals surface area (Å²) in [6.07, 6.45) is 1.75. The lowest BCUT2D eigenvalue weighted by atomic mass is 10.0. The van der Waals surface area contributed by atoms with Crippen LogP contribution in [0.5, 0.6) is 0 Å². The maximum Gasteiger partial charge on any atom is 0.255 e. The van der Waals surface area contributed by atoms with E-state index in [9.17, 15) is 9.18 Å². The van der Waals surface area contributed by atoms with E-state index in [0.717, 1.165) is 19.4 Å². The van der Waals surface area contributed by atoms with Crippen LogP contribution in [0.3, 0.4) is 0 Å². The Labute approximate surface area is 126 Å². The zero-order valence-electron chi connectivity index (χ0n) is 10.6. The largest absolute Gasteiger partial charge is 0.349 e. The summed E-state index contributed by atoms with van der Waals surface area (Å²) in [6.45, 7) is 2.96. The summed E-state index contributed by atoms with van der Waals surface area (Å²) < 4.78 is 14.1. The van der Waals surface area contributed by atoms with Crippen molar-refractivity contribution < 1.29 is 9.18 Å². The summed E-state index contributed by atoms with van der Waals surface area (Å²) in [5.74, 6) is -0.845. The predicted octanol–water partition coefficient (Wildman–Crippen LogP) is 2.88. The molecule has 1 aromatic carbocycles. The number of halogens is 3. The second-order valence-corrected chi connectivity index (χ2v) is 5.50. The molecule has 1 aliphatic heterocycles. The van der Waals surface area contributed by atoms with Gasteiger partial charge in [0.1, 0.15) is 5.82 Å². The molecule has 19 heavy (non-hydrogen) atoms. The minimum Gasteiger partial charge on any atom is -0.349 e. The molecule has 0 saturated carbocycles. The van der Waals surface area contributed by atoms with Gasteiger partial charge in [0, 0.05) is 16.6 Å². The van der Waals surface area contributed by atoms with Crippen molar-refractivity contribution in [2.24, 2.45) is 0 Å². The van der Waals surface area contributed by atoms with Gasteiger partial charge >= 0.3 is 0 Å². The first-order valence-corrected chi connectivity index (χ1v) is 6.85. The number of nitrogens with one attached hydrogen (secondary N) is 2. The number of piperidine rings is 1. The smallest absolute Gasteiger partial charge is 0.255 e. The highest BCUT2D eigenvalue weighted by Crippen LogP contribution is 2.20. The van der Waals surface area contributed by atoms with Gasteiger partial charge in [-0.15, -0.1) is 12.4 Å². The summed E-state index contributed by atoms with van der Waals surface area (Å²) >= 11 is 3.21. The lowest BCUT2D eigenvalue weighted by Crippen LogP contribution is -2.46. The molecule has 3 nitrogen and oxygen atoms in total. The van der Waals surface area contributed by atoms with E-state index >= 15 is 0 Å². The second-order valence-electron chi connectivity index (χ2n) is 4.65. The van der Waals surface area contributed by atoms with Crippen molar-refractivity contribution in [2.75, 3.05) is 6.54 Å². The molecule has 2 unspecified atom stereocenters. The Kier molecular flexibility index (Phi) is 6.23. The molecule has 0 spiro atoms. The SMILES string of the molecule is CC1CC(NC(=O)c2c(F)cccc2Br)CCN1.Cl. The van der Waals surface area contributed by atoms with Crippen LogP contribution in [-0.2, 0) is 0 Å². The standard InChI is InChI=1S/C13H16BrFN2O.ClH/c1-8-7-9(5-6-16-8)17-13(18)12-10(14)3-2-4-11(12)15;/h2-4,8-9,16H,5-7H2,1H3,(H,17,18);1H. The lowest BCUT2D eigenvalue weighted by Gasteiger charge is -2.28. The first-order valence-electron chi connectivity index (χ1n) is 6.06. The molecule has 0 aliphatic carbocycles. The van der Waals surface area contributed by atoms with Crippen LogP contribution in [0.2, 0.25) is 0 Å². The Hall–Kier alpha value is -0.650. The van der Waals surface area contributed by atoms with Crippen LogP contribution in [0.1, 0.15) is 30.1 Å². The fourth-order valence-corrected chi connectivity index (χ4v) is 2.76. The van der Waals surface area contributed by atoms with Gasteiger partial charge in [-0.1, -0.05) is 6.07 Å². The Morgan fingerprint density at radius 1 is 1.53 bits per heavy atom. The minimum absolute atomic E-state index is 0. The first-order chi connectivity index (χ1) is 8.58. The average Bonchev–Trinajstić information content (AvgIpc) is 2.28. The molecule has 6 heteroatoms. The van der Waals surface area contributed by atoms with E-state index in [2.05, 4.69) is 33.5 Å². The van der Waals surface area contributed by atoms with Crippen LogP contribution in [0, 0.1) is 5.82 Å². The lowest BCUT2D eigenvalue weighted by molar-refractivity contribution is 0.0920. The first kappa shape index (κ1) is 16.4. The van der Waals surface area contributed by atoms with Gasteiger partial charge in [0.25, 0.3) is 5.91 Å². The fourth-order valence-electron chi connectivity index (χ4n) is 2.24. The van der Waals surface area contributed by atoms with Gasteiger partial charge in [-0.05, 0) is 54.4 Å². The zero-order chi connectivity index (χ0) is 13.1. The molecule has 1 fully saturated rings. The molecule has 0 radical (unpaired) electrons. The van der Waals surface area contributed by atoms with Crippen LogP contribution >= 0.6 is 28.3 Å². The maximum absolute atomic E-state index is 13.6. The maximum atomic E-state index is 13.6. The molecule has 1 aliphatic rings. The van der Waals surface area contributed by atoms with Crippen LogP contribution in [-0.4, -0.2) is 24.5 Å². The van der Waals surface area contributed by atoms with Gasteiger partial charge in [-0.3, -0.25) is 4.79 Å². The number of rotatable bonds is 2. The highest BCUT2D eigenvalue weighted by atomic mass is 79.9. The van der Waals surface area contributed by atoms with Gasteiger partial charge in [0.05, 0.1) is 5.56 Å². The van der Waals surface area contributed by atoms with Crippen molar-refractivity contribution in [1.82, 2.24) is 10.6 Å². The number of hydrogen-bond acceptors (Lipinski definition) is 2. The van der Waals surface area contributed by atoms with Crippen molar-refractivity contribution >= 4 is 34.2 Å². The molecule has 1 aromatic rings.